The summed E-state index contributed by atoms with van der Waals surface area (Å²) in [6.07, 6.45) is 2.71. The molecule has 0 saturated carbocycles. The molecular weight excluding hydrogens is 200 g/mol. The molecule has 0 radical (unpaired) electrons. The molecule has 0 aromatic heterocycles. The van der Waals surface area contributed by atoms with Gasteiger partial charge in [0.2, 0.25) is 5.91 Å². The number of hydrogen-bond acceptors (Lipinski definition) is 2. The highest BCUT2D eigenvalue weighted by Crippen LogP contribution is 2.16. The third-order valence-corrected chi connectivity index (χ3v) is 3.01. The van der Waals surface area contributed by atoms with E-state index in [-0.39, 0.29) is 5.91 Å². The molecule has 1 saturated heterocycles. The molecule has 1 rings (SSSR count). The number of nitrogens with one attached hydrogen (secondary N) is 2. The predicted molar refractivity (Wildman–Crippen MR) is 58.5 cm³/mol. The lowest BCUT2D eigenvalue weighted by molar-refractivity contribution is -0.121. The summed E-state index contributed by atoms with van der Waals surface area (Å²) in [6, 6.07) is 0.296. The van der Waals surface area contributed by atoms with E-state index in [1.807, 2.05) is 0 Å². The van der Waals surface area contributed by atoms with E-state index >= 15 is 0 Å². The molecule has 2 N–H and O–H groups in total. The van der Waals surface area contributed by atoms with Crippen LogP contribution in [0.1, 0.15) is 26.2 Å². The van der Waals surface area contributed by atoms with Crippen molar-refractivity contribution in [1.82, 2.24) is 10.6 Å². The van der Waals surface area contributed by atoms with Gasteiger partial charge in [0.25, 0.3) is 0 Å². The van der Waals surface area contributed by atoms with E-state index in [1.54, 1.807) is 0 Å². The van der Waals surface area contributed by atoms with Gasteiger partial charge in [-0.1, -0.05) is 13.3 Å². The highest BCUT2D eigenvalue weighted by atomic mass is 35.5. The van der Waals surface area contributed by atoms with E-state index in [1.165, 1.54) is 0 Å². The van der Waals surface area contributed by atoms with Gasteiger partial charge in [0, 0.05) is 24.9 Å². The molecule has 0 bridgehead atoms. The van der Waals surface area contributed by atoms with Gasteiger partial charge >= 0.3 is 0 Å². The summed E-state index contributed by atoms with van der Waals surface area (Å²) in [4.78, 5) is 11.3. The maximum Gasteiger partial charge on any atom is 0.221 e. The van der Waals surface area contributed by atoms with E-state index in [0.717, 1.165) is 25.9 Å². The van der Waals surface area contributed by atoms with Crippen LogP contribution in [0.25, 0.3) is 0 Å². The number of carbonyl (C=O) groups excluding carboxylic acids is 1. The van der Waals surface area contributed by atoms with Crippen LogP contribution in [0.3, 0.4) is 0 Å². The fourth-order valence-corrected chi connectivity index (χ4v) is 2.11. The minimum atomic E-state index is 0.0761. The average molecular weight is 219 g/mol. The van der Waals surface area contributed by atoms with Crippen LogP contribution in [0.15, 0.2) is 0 Å². The molecule has 0 aromatic carbocycles. The normalized spacial score (nSPS) is 27.3. The van der Waals surface area contributed by atoms with Crippen LogP contribution in [0.4, 0.5) is 0 Å². The Morgan fingerprint density at radius 1 is 1.64 bits per heavy atom. The molecule has 0 aromatic rings. The summed E-state index contributed by atoms with van der Waals surface area (Å²) in [6.45, 7) is 4.14. The number of amides is 1. The Morgan fingerprint density at radius 3 is 3.07 bits per heavy atom. The van der Waals surface area contributed by atoms with Gasteiger partial charge in [-0.3, -0.25) is 4.79 Å². The van der Waals surface area contributed by atoms with Gasteiger partial charge in [-0.15, -0.1) is 11.6 Å². The third-order valence-electron chi connectivity index (χ3n) is 2.82. The van der Waals surface area contributed by atoms with Gasteiger partial charge < -0.3 is 10.6 Å². The summed E-state index contributed by atoms with van der Waals surface area (Å²) in [5, 5.41) is 6.33. The minimum absolute atomic E-state index is 0.0761. The summed E-state index contributed by atoms with van der Waals surface area (Å²) < 4.78 is 0. The van der Waals surface area contributed by atoms with E-state index in [9.17, 15) is 4.79 Å². The van der Waals surface area contributed by atoms with E-state index in [0.29, 0.717) is 24.3 Å². The van der Waals surface area contributed by atoms with Crippen LogP contribution in [0, 0.1) is 5.92 Å². The van der Waals surface area contributed by atoms with Crippen molar-refractivity contribution in [2.24, 2.45) is 5.92 Å². The molecule has 1 aliphatic heterocycles. The summed E-state index contributed by atoms with van der Waals surface area (Å²) in [5.74, 6) is 1.10. The van der Waals surface area contributed by atoms with Crippen molar-refractivity contribution >= 4 is 17.5 Å². The van der Waals surface area contributed by atoms with Gasteiger partial charge in [-0.25, -0.2) is 0 Å². The fourth-order valence-electron chi connectivity index (χ4n) is 1.94. The Labute approximate surface area is 90.6 Å². The lowest BCUT2D eigenvalue weighted by Gasteiger charge is -2.32. The molecule has 2 unspecified atom stereocenters. The third kappa shape index (κ3) is 3.46. The first kappa shape index (κ1) is 11.8. The molecular formula is C10H19ClN2O. The lowest BCUT2D eigenvalue weighted by atomic mass is 9.90. The van der Waals surface area contributed by atoms with Crippen molar-refractivity contribution < 1.29 is 4.79 Å². The highest BCUT2D eigenvalue weighted by Gasteiger charge is 2.24. The Balaban J connectivity index is 2.36. The van der Waals surface area contributed by atoms with Crippen LogP contribution < -0.4 is 10.6 Å². The van der Waals surface area contributed by atoms with E-state index in [4.69, 9.17) is 11.6 Å². The van der Waals surface area contributed by atoms with Gasteiger partial charge in [0.05, 0.1) is 0 Å². The second-order valence-electron chi connectivity index (χ2n) is 3.77. The standard InChI is InChI=1S/C10H19ClN2O/c1-2-8-4-6-12-7-9(8)13-10(14)3-5-11/h8-9,12H,2-7H2,1H3,(H,13,14). The van der Waals surface area contributed by atoms with Gasteiger partial charge in [-0.2, -0.15) is 0 Å². The first-order valence-electron chi connectivity index (χ1n) is 5.34. The monoisotopic (exact) mass is 218 g/mol. The van der Waals surface area contributed by atoms with Crippen molar-refractivity contribution in [2.75, 3.05) is 19.0 Å². The zero-order valence-corrected chi connectivity index (χ0v) is 9.44. The molecule has 2 atom stereocenters. The summed E-state index contributed by atoms with van der Waals surface area (Å²) in [5.41, 5.74) is 0. The molecule has 82 valence electrons. The zero-order chi connectivity index (χ0) is 10.4. The Hall–Kier alpha value is -0.280. The second kappa shape index (κ2) is 6.25. The molecule has 14 heavy (non-hydrogen) atoms. The number of hydrogen-bond donors (Lipinski definition) is 2. The minimum Gasteiger partial charge on any atom is -0.352 e. The first-order valence-corrected chi connectivity index (χ1v) is 5.87. The van der Waals surface area contributed by atoms with Gasteiger partial charge in [-0.05, 0) is 18.9 Å². The summed E-state index contributed by atoms with van der Waals surface area (Å²) in [7, 11) is 0. The molecule has 0 spiro atoms. The Kier molecular flexibility index (Phi) is 5.26. The number of halogens is 1. The highest BCUT2D eigenvalue weighted by molar-refractivity contribution is 6.18. The topological polar surface area (TPSA) is 41.1 Å². The molecule has 3 nitrogen and oxygen atoms in total. The second-order valence-corrected chi connectivity index (χ2v) is 4.15. The van der Waals surface area contributed by atoms with E-state index in [2.05, 4.69) is 17.6 Å². The number of carbonyl (C=O) groups is 1. The SMILES string of the molecule is CCC1CCNCC1NC(=O)CCCl. The molecule has 1 fully saturated rings. The average Bonchev–Trinajstić information content (AvgIpc) is 2.19. The molecule has 4 heteroatoms. The molecule has 0 aliphatic carbocycles. The van der Waals surface area contributed by atoms with Crippen molar-refractivity contribution in [3.8, 4) is 0 Å². The van der Waals surface area contributed by atoms with Crippen molar-refractivity contribution in [3.63, 3.8) is 0 Å². The Morgan fingerprint density at radius 2 is 2.43 bits per heavy atom. The van der Waals surface area contributed by atoms with E-state index < -0.39 is 0 Å². The van der Waals surface area contributed by atoms with Crippen LogP contribution in [0.5, 0.6) is 0 Å². The number of alkyl halides is 1. The van der Waals surface area contributed by atoms with Crippen molar-refractivity contribution in [1.29, 1.82) is 0 Å². The largest absolute Gasteiger partial charge is 0.352 e. The van der Waals surface area contributed by atoms with Crippen LogP contribution in [-0.4, -0.2) is 30.9 Å². The van der Waals surface area contributed by atoms with Crippen LogP contribution in [0.2, 0.25) is 0 Å². The number of rotatable bonds is 4. The van der Waals surface area contributed by atoms with Crippen molar-refractivity contribution in [2.45, 2.75) is 32.2 Å². The van der Waals surface area contributed by atoms with Gasteiger partial charge in [0.1, 0.15) is 0 Å². The molecule has 1 amide bonds. The maximum atomic E-state index is 11.3. The fraction of sp³-hybridized carbons (Fsp3) is 0.900. The zero-order valence-electron chi connectivity index (χ0n) is 8.68. The summed E-state index contributed by atoms with van der Waals surface area (Å²) >= 11 is 5.51. The Bertz CT molecular complexity index is 187. The lowest BCUT2D eigenvalue weighted by Crippen LogP contribution is -2.50. The quantitative estimate of drug-likeness (QED) is 0.695. The van der Waals surface area contributed by atoms with Crippen LogP contribution >= 0.6 is 11.6 Å². The molecule has 1 aliphatic rings. The van der Waals surface area contributed by atoms with Gasteiger partial charge in [0.15, 0.2) is 0 Å². The first-order chi connectivity index (χ1) is 6.77. The number of piperidine rings is 1. The molecule has 1 heterocycles. The maximum absolute atomic E-state index is 11.3. The van der Waals surface area contributed by atoms with Crippen LogP contribution in [-0.2, 0) is 4.79 Å². The van der Waals surface area contributed by atoms with Crippen molar-refractivity contribution in [3.05, 3.63) is 0 Å². The smallest absolute Gasteiger partial charge is 0.221 e. The predicted octanol–water partition coefficient (Wildman–Crippen LogP) is 1.12.